The second-order valence-electron chi connectivity index (χ2n) is 9.09. The normalized spacial score (nSPS) is 15.2. The summed E-state index contributed by atoms with van der Waals surface area (Å²) in [6.07, 6.45) is 1.76. The zero-order valence-corrected chi connectivity index (χ0v) is 19.6. The van der Waals surface area contributed by atoms with Crippen LogP contribution >= 0.6 is 0 Å². The number of hydrogen-bond acceptors (Lipinski definition) is 5. The van der Waals surface area contributed by atoms with Gasteiger partial charge in [0, 0.05) is 63.8 Å². The van der Waals surface area contributed by atoms with Gasteiger partial charge in [-0.25, -0.2) is 0 Å². The fourth-order valence-corrected chi connectivity index (χ4v) is 4.01. The van der Waals surface area contributed by atoms with Crippen LogP contribution in [0.3, 0.4) is 0 Å². The van der Waals surface area contributed by atoms with Crippen LogP contribution in [0.1, 0.15) is 56.5 Å². The smallest absolute Gasteiger partial charge is 0.278 e. The minimum absolute atomic E-state index is 0.110. The SMILES string of the molecule is CCN(C(=O)c1cc(C)n(C(C)(C)C)n1)c1ccnc(CN2CCN(C(C)=O)CC2)c1. The molecule has 2 aromatic rings. The van der Waals surface area contributed by atoms with Crippen molar-refractivity contribution in [3.8, 4) is 0 Å². The Hall–Kier alpha value is -2.74. The number of carbonyl (C=O) groups is 2. The van der Waals surface area contributed by atoms with Crippen molar-refractivity contribution in [1.29, 1.82) is 0 Å². The first-order valence-corrected chi connectivity index (χ1v) is 10.9. The van der Waals surface area contributed by atoms with Crippen molar-refractivity contribution in [1.82, 2.24) is 24.6 Å². The number of rotatable bonds is 5. The Kier molecular flexibility index (Phi) is 6.79. The van der Waals surface area contributed by atoms with Gasteiger partial charge < -0.3 is 9.80 Å². The summed E-state index contributed by atoms with van der Waals surface area (Å²) in [5, 5.41) is 4.58. The van der Waals surface area contributed by atoms with Crippen LogP contribution in [-0.2, 0) is 16.9 Å². The molecule has 1 aliphatic rings. The first kappa shape index (κ1) is 22.9. The average Bonchev–Trinajstić information content (AvgIpc) is 3.11. The maximum absolute atomic E-state index is 13.3. The molecule has 0 unspecified atom stereocenters. The predicted molar refractivity (Wildman–Crippen MR) is 121 cm³/mol. The summed E-state index contributed by atoms with van der Waals surface area (Å²) in [5.41, 5.74) is 2.97. The summed E-state index contributed by atoms with van der Waals surface area (Å²) in [6.45, 7) is 16.1. The van der Waals surface area contributed by atoms with Crippen LogP contribution in [0.25, 0.3) is 0 Å². The van der Waals surface area contributed by atoms with Crippen LogP contribution in [-0.4, -0.2) is 69.1 Å². The van der Waals surface area contributed by atoms with Crippen LogP contribution in [0.4, 0.5) is 5.69 Å². The number of hydrogen-bond donors (Lipinski definition) is 0. The van der Waals surface area contributed by atoms with Gasteiger partial charge in [0.15, 0.2) is 5.69 Å². The fourth-order valence-electron chi connectivity index (χ4n) is 4.01. The number of piperazine rings is 1. The standard InChI is InChI=1S/C23H34N6O2/c1-7-28(22(31)21-14-17(2)29(25-21)23(4,5)6)20-8-9-24-19(15-20)16-26-10-12-27(13-11-26)18(3)30/h8-9,14-15H,7,10-13,16H2,1-6H3. The molecule has 1 aliphatic heterocycles. The molecule has 8 heteroatoms. The zero-order chi connectivity index (χ0) is 22.8. The molecule has 0 bridgehead atoms. The van der Waals surface area contributed by atoms with E-state index < -0.39 is 0 Å². The predicted octanol–water partition coefficient (Wildman–Crippen LogP) is 2.67. The molecule has 3 rings (SSSR count). The lowest BCUT2D eigenvalue weighted by molar-refractivity contribution is -0.130. The highest BCUT2D eigenvalue weighted by atomic mass is 16.2. The minimum atomic E-state index is -0.185. The molecule has 0 aliphatic carbocycles. The third-order valence-electron chi connectivity index (χ3n) is 5.62. The third-order valence-corrected chi connectivity index (χ3v) is 5.62. The van der Waals surface area contributed by atoms with Gasteiger partial charge in [-0.1, -0.05) is 0 Å². The number of aryl methyl sites for hydroxylation is 1. The molecule has 168 valence electrons. The number of amides is 2. The van der Waals surface area contributed by atoms with Crippen LogP contribution in [0, 0.1) is 6.92 Å². The van der Waals surface area contributed by atoms with Gasteiger partial charge >= 0.3 is 0 Å². The molecule has 0 N–H and O–H groups in total. The van der Waals surface area contributed by atoms with Gasteiger partial charge in [0.25, 0.3) is 5.91 Å². The highest BCUT2D eigenvalue weighted by Crippen LogP contribution is 2.21. The Morgan fingerprint density at radius 1 is 1.13 bits per heavy atom. The van der Waals surface area contributed by atoms with Gasteiger partial charge in [-0.3, -0.25) is 24.2 Å². The van der Waals surface area contributed by atoms with Gasteiger partial charge in [0.1, 0.15) is 0 Å². The van der Waals surface area contributed by atoms with Crippen LogP contribution in [0.2, 0.25) is 0 Å². The molecule has 2 amide bonds. The molecule has 31 heavy (non-hydrogen) atoms. The molecule has 0 saturated carbocycles. The first-order valence-electron chi connectivity index (χ1n) is 10.9. The molecule has 2 aromatic heterocycles. The number of carbonyl (C=O) groups excluding carboxylic acids is 2. The van der Waals surface area contributed by atoms with E-state index in [9.17, 15) is 9.59 Å². The monoisotopic (exact) mass is 426 g/mol. The Morgan fingerprint density at radius 3 is 2.35 bits per heavy atom. The summed E-state index contributed by atoms with van der Waals surface area (Å²) in [7, 11) is 0. The Bertz CT molecular complexity index is 938. The quantitative estimate of drug-likeness (QED) is 0.735. The summed E-state index contributed by atoms with van der Waals surface area (Å²) in [5.74, 6) is 0.0156. The highest BCUT2D eigenvalue weighted by Gasteiger charge is 2.24. The maximum Gasteiger partial charge on any atom is 0.278 e. The molecule has 0 spiro atoms. The second-order valence-corrected chi connectivity index (χ2v) is 9.09. The van der Waals surface area contributed by atoms with Gasteiger partial charge in [0.2, 0.25) is 5.91 Å². The van der Waals surface area contributed by atoms with E-state index in [-0.39, 0.29) is 17.4 Å². The molecule has 1 fully saturated rings. The highest BCUT2D eigenvalue weighted by molar-refractivity contribution is 6.04. The van der Waals surface area contributed by atoms with E-state index in [1.54, 1.807) is 18.0 Å². The van der Waals surface area contributed by atoms with Crippen LogP contribution in [0.5, 0.6) is 0 Å². The minimum Gasteiger partial charge on any atom is -0.340 e. The molecule has 1 saturated heterocycles. The topological polar surface area (TPSA) is 74.6 Å². The largest absolute Gasteiger partial charge is 0.340 e. The van der Waals surface area contributed by atoms with Crippen molar-refractivity contribution in [2.24, 2.45) is 0 Å². The van der Waals surface area contributed by atoms with Crippen molar-refractivity contribution in [2.75, 3.05) is 37.6 Å². The van der Waals surface area contributed by atoms with Gasteiger partial charge in [-0.05, 0) is 52.8 Å². The van der Waals surface area contributed by atoms with Crippen LogP contribution < -0.4 is 4.90 Å². The average molecular weight is 427 g/mol. The Balaban J connectivity index is 1.74. The van der Waals surface area contributed by atoms with Crippen molar-refractivity contribution < 1.29 is 9.59 Å². The van der Waals surface area contributed by atoms with Crippen LogP contribution in [0.15, 0.2) is 24.4 Å². The van der Waals surface area contributed by atoms with Crippen molar-refractivity contribution in [3.05, 3.63) is 41.5 Å². The summed E-state index contributed by atoms with van der Waals surface area (Å²) >= 11 is 0. The molecule has 0 radical (unpaired) electrons. The van der Waals surface area contributed by atoms with Crippen molar-refractivity contribution in [3.63, 3.8) is 0 Å². The maximum atomic E-state index is 13.3. The number of anilines is 1. The van der Waals surface area contributed by atoms with E-state index in [2.05, 4.69) is 35.8 Å². The molecular weight excluding hydrogens is 392 g/mol. The van der Waals surface area contributed by atoms with E-state index in [1.807, 2.05) is 41.6 Å². The summed E-state index contributed by atoms with van der Waals surface area (Å²) in [4.78, 5) is 35.2. The number of pyridine rings is 1. The molecular formula is C23H34N6O2. The van der Waals surface area contributed by atoms with E-state index in [4.69, 9.17) is 0 Å². The third kappa shape index (κ3) is 5.31. The van der Waals surface area contributed by atoms with Gasteiger partial charge in [-0.15, -0.1) is 0 Å². The fraction of sp³-hybridized carbons (Fsp3) is 0.565. The summed E-state index contributed by atoms with van der Waals surface area (Å²) in [6, 6.07) is 5.70. The van der Waals surface area contributed by atoms with E-state index >= 15 is 0 Å². The molecule has 0 aromatic carbocycles. The summed E-state index contributed by atoms with van der Waals surface area (Å²) < 4.78 is 1.90. The van der Waals surface area contributed by atoms with Crippen molar-refractivity contribution in [2.45, 2.75) is 53.6 Å². The lowest BCUT2D eigenvalue weighted by Gasteiger charge is -2.34. The number of aromatic nitrogens is 3. The second kappa shape index (κ2) is 9.18. The Morgan fingerprint density at radius 2 is 1.81 bits per heavy atom. The van der Waals surface area contributed by atoms with E-state index in [0.717, 1.165) is 43.3 Å². The Labute approximate surface area is 184 Å². The zero-order valence-electron chi connectivity index (χ0n) is 19.6. The van der Waals surface area contributed by atoms with Gasteiger partial charge in [0.05, 0.1) is 11.2 Å². The first-order chi connectivity index (χ1) is 14.6. The lowest BCUT2D eigenvalue weighted by Crippen LogP contribution is -2.47. The molecule has 3 heterocycles. The number of nitrogens with zero attached hydrogens (tertiary/aromatic N) is 6. The van der Waals surface area contributed by atoms with E-state index in [1.165, 1.54) is 0 Å². The molecule has 8 nitrogen and oxygen atoms in total. The van der Waals surface area contributed by atoms with Crippen molar-refractivity contribution >= 4 is 17.5 Å². The molecule has 0 atom stereocenters. The lowest BCUT2D eigenvalue weighted by atomic mass is 10.1. The van der Waals surface area contributed by atoms with E-state index in [0.29, 0.717) is 18.8 Å². The van der Waals surface area contributed by atoms with Gasteiger partial charge in [-0.2, -0.15) is 5.10 Å².